The van der Waals surface area contributed by atoms with Crippen LogP contribution in [0.3, 0.4) is 0 Å². The molecule has 6 N–H and O–H groups in total. The van der Waals surface area contributed by atoms with Crippen molar-refractivity contribution in [3.63, 3.8) is 0 Å². The predicted molar refractivity (Wildman–Crippen MR) is 315 cm³/mol. The van der Waals surface area contributed by atoms with Gasteiger partial charge in [-0.25, -0.2) is 8.78 Å². The van der Waals surface area contributed by atoms with E-state index in [4.69, 9.17) is 0 Å². The Morgan fingerprint density at radius 3 is 1.04 bits per heavy atom. The average Bonchev–Trinajstić information content (AvgIpc) is 2.49. The molecule has 2 heterocycles. The zero-order valence-corrected chi connectivity index (χ0v) is 52.8. The average molecular weight is 1220 g/mol. The first-order chi connectivity index (χ1) is 39.3. The maximum atomic E-state index is 14.0. The largest absolute Gasteiger partial charge is 2.00 e. The van der Waals surface area contributed by atoms with Crippen LogP contribution in [0.4, 0.5) is 20.2 Å². The van der Waals surface area contributed by atoms with E-state index in [-0.39, 0.29) is 120 Å². The summed E-state index contributed by atoms with van der Waals surface area (Å²) in [5.41, 5.74) is 9.43. The van der Waals surface area contributed by atoms with Crippen LogP contribution in [0.15, 0.2) is 170 Å². The Kier molecular flexibility index (Phi) is 26.4. The van der Waals surface area contributed by atoms with Gasteiger partial charge in [0.1, 0.15) is 11.6 Å². The molecular weight excluding hydrogens is 1150 g/mol. The molecule has 0 saturated heterocycles. The smallest absolute Gasteiger partial charge is 0.550 e. The Balaban J connectivity index is 0.000000300. The minimum atomic E-state index is -1.39. The molecule has 4 atom stereocenters. The van der Waals surface area contributed by atoms with Crippen molar-refractivity contribution in [2.45, 2.75) is 116 Å². The fraction of sp³-hybridized carbons (Fsp3) is 0.273. The number of carboxylic acids is 2. The van der Waals surface area contributed by atoms with E-state index in [0.717, 1.165) is 22.5 Å². The molecule has 0 aliphatic rings. The summed E-state index contributed by atoms with van der Waals surface area (Å²) >= 11 is 0. The number of aromatic nitrogens is 2. The summed E-state index contributed by atoms with van der Waals surface area (Å²) in [5.74, 6) is -4.41. The van der Waals surface area contributed by atoms with E-state index in [0.29, 0.717) is 56.1 Å². The van der Waals surface area contributed by atoms with Crippen molar-refractivity contribution in [1.82, 2.24) is 9.13 Å². The second-order valence-corrected chi connectivity index (χ2v) is 20.8. The van der Waals surface area contributed by atoms with Crippen LogP contribution in [0, 0.1) is 11.6 Å². The van der Waals surface area contributed by atoms with Crippen LogP contribution in [0.1, 0.15) is 110 Å². The number of hydrogen-bond donors (Lipinski definition) is 6. The van der Waals surface area contributed by atoms with Gasteiger partial charge in [0.25, 0.3) is 11.8 Å². The number of halogens is 2. The molecule has 0 bridgehead atoms. The van der Waals surface area contributed by atoms with Gasteiger partial charge in [-0.3, -0.25) is 9.59 Å². The number of para-hydroxylation sites is 2. The van der Waals surface area contributed by atoms with Crippen molar-refractivity contribution >= 4 is 72.9 Å². The molecule has 0 fully saturated rings. The summed E-state index contributed by atoms with van der Waals surface area (Å²) < 4.78 is 32.0. The molecule has 2 amide bonds. The van der Waals surface area contributed by atoms with Crippen molar-refractivity contribution in [3.05, 3.63) is 204 Å². The van der Waals surface area contributed by atoms with E-state index in [1.807, 2.05) is 134 Å². The van der Waals surface area contributed by atoms with Crippen molar-refractivity contribution in [1.29, 1.82) is 0 Å². The third-order valence-electron chi connectivity index (χ3n) is 13.8. The normalized spacial score (nSPS) is 12.4. The third kappa shape index (κ3) is 18.2. The van der Waals surface area contributed by atoms with Crippen LogP contribution < -0.4 is 20.8 Å². The molecule has 18 heteroatoms. The molecule has 0 saturated carbocycles. The summed E-state index contributed by atoms with van der Waals surface area (Å²) in [6.45, 7) is 8.45. The van der Waals surface area contributed by atoms with E-state index >= 15 is 0 Å². The molecule has 0 spiro atoms. The van der Waals surface area contributed by atoms with Gasteiger partial charge in [-0.05, 0) is 133 Å². The molecule has 2 aromatic heterocycles. The Morgan fingerprint density at radius 1 is 0.452 bits per heavy atom. The van der Waals surface area contributed by atoms with Crippen molar-refractivity contribution < 1.29 is 78.1 Å². The molecule has 0 aliphatic carbocycles. The molecule has 0 aliphatic heterocycles. The third-order valence-corrected chi connectivity index (χ3v) is 13.8. The number of nitrogens with zero attached hydrogens (tertiary/aromatic N) is 2. The number of rotatable bonds is 24. The standard InChI is InChI=1S/2C33H35FN2O5.Ca.Zn/c2*1-21(2)31-30(33(41)35-25-11-7-4-8-12-25)29(22-9-5-3-6-10-22)32(23-13-15-24(34)16-14-23)36(31)18-17-26(37)19-27(38)20-28(39)40;;/h2*3-16,21,26-27,37-38H,17-20H2,1-2H3,(H,35,41)(H,39,40);;/q;;+2;/p-2/t2*26-,27-;;/m11../s1. The first kappa shape index (κ1) is 68.1. The minimum absolute atomic E-state index is 0. The minimum Gasteiger partial charge on any atom is -0.550 e. The first-order valence-electron chi connectivity index (χ1n) is 27.3. The van der Waals surface area contributed by atoms with Crippen molar-refractivity contribution in [3.8, 4) is 44.8 Å². The van der Waals surface area contributed by atoms with E-state index in [1.165, 1.54) is 24.3 Å². The number of aliphatic hydroxyl groups is 4. The van der Waals surface area contributed by atoms with Gasteiger partial charge < -0.3 is 60.0 Å². The van der Waals surface area contributed by atoms with Crippen molar-refractivity contribution in [2.24, 2.45) is 0 Å². The van der Waals surface area contributed by atoms with E-state index in [1.54, 1.807) is 48.5 Å². The van der Waals surface area contributed by atoms with Gasteiger partial charge in [0.15, 0.2) is 0 Å². The number of aliphatic hydroxyl groups excluding tert-OH is 4. The number of carboxylic acid groups (broad SMARTS) is 2. The zero-order chi connectivity index (χ0) is 59.0. The van der Waals surface area contributed by atoms with Gasteiger partial charge in [0, 0.05) is 91.2 Å². The second-order valence-electron chi connectivity index (χ2n) is 20.8. The SMILES string of the molecule is CC(C)c1c(C(=O)Nc2ccccc2)c(-c2ccccc2)c(-c2ccc(F)cc2)n1CC[C@@H](O)C[C@@H](O)CC(=O)[O-].CC(C)c1c(C(=O)Nc2ccccc2)c(-c2ccccc2)c(-c2ccc(F)cc2)n1CC[C@@H](O)C[C@@H](O)CC(=O)[O-].[Ca+2].[Zn]. The van der Waals surface area contributed by atoms with E-state index in [2.05, 4.69) is 10.6 Å². The Labute approximate surface area is 531 Å². The number of aliphatic carboxylic acids is 2. The van der Waals surface area contributed by atoms with Crippen LogP contribution in [0.25, 0.3) is 44.8 Å². The maximum absolute atomic E-state index is 14.0. The van der Waals surface area contributed by atoms with E-state index < -0.39 is 60.8 Å². The number of carbonyl (C=O) groups is 4. The monoisotopic (exact) mass is 1220 g/mol. The molecule has 84 heavy (non-hydrogen) atoms. The number of carbonyl (C=O) groups excluding carboxylic acids is 4. The molecule has 8 rings (SSSR count). The molecule has 0 unspecified atom stereocenters. The summed E-state index contributed by atoms with van der Waals surface area (Å²) in [4.78, 5) is 49.8. The number of nitrogens with one attached hydrogen (secondary N) is 2. The fourth-order valence-corrected chi connectivity index (χ4v) is 10.4. The summed E-state index contributed by atoms with van der Waals surface area (Å²) in [7, 11) is 0. The molecule has 14 nitrogen and oxygen atoms in total. The second kappa shape index (κ2) is 32.6. The quantitative estimate of drug-likeness (QED) is 0.0314. The van der Waals surface area contributed by atoms with Gasteiger partial charge in [0.05, 0.1) is 46.9 Å². The number of anilines is 2. The molecule has 8 aromatic rings. The predicted octanol–water partition coefficient (Wildman–Crippen LogP) is 9.57. The first-order valence-corrected chi connectivity index (χ1v) is 27.3. The topological polar surface area (TPSA) is 229 Å². The molecule has 430 valence electrons. The Bertz CT molecular complexity index is 3180. The Hall–Kier alpha value is -6.66. The Morgan fingerprint density at radius 2 is 0.750 bits per heavy atom. The summed E-state index contributed by atoms with van der Waals surface area (Å²) in [6, 6.07) is 49.4. The zero-order valence-electron chi connectivity index (χ0n) is 47.6. The van der Waals surface area contributed by atoms with Crippen LogP contribution in [-0.4, -0.2) is 115 Å². The summed E-state index contributed by atoms with van der Waals surface area (Å²) in [6.07, 6.45) is -5.54. The van der Waals surface area contributed by atoms with Crippen molar-refractivity contribution in [2.75, 3.05) is 10.6 Å². The fourth-order valence-electron chi connectivity index (χ4n) is 10.4. The molecule has 6 aromatic carbocycles. The van der Waals surface area contributed by atoms with Crippen LogP contribution in [0.5, 0.6) is 0 Å². The number of amides is 2. The van der Waals surface area contributed by atoms with Crippen LogP contribution in [-0.2, 0) is 42.2 Å². The van der Waals surface area contributed by atoms with Gasteiger partial charge in [-0.2, -0.15) is 0 Å². The van der Waals surface area contributed by atoms with Gasteiger partial charge in [-0.1, -0.05) is 125 Å². The summed E-state index contributed by atoms with van der Waals surface area (Å²) in [5, 5.41) is 69.2. The molecular formula is C66H68CaF2N4O10Zn. The van der Waals surface area contributed by atoms with Crippen LogP contribution >= 0.6 is 0 Å². The number of hydrogen-bond acceptors (Lipinski definition) is 10. The van der Waals surface area contributed by atoms with Gasteiger partial charge >= 0.3 is 37.7 Å². The molecule has 0 radical (unpaired) electrons. The maximum Gasteiger partial charge on any atom is 2.00 e. The van der Waals surface area contributed by atoms with E-state index in [9.17, 15) is 58.6 Å². The van der Waals surface area contributed by atoms with Crippen LogP contribution in [0.2, 0.25) is 0 Å². The number of benzene rings is 6. The van der Waals surface area contributed by atoms with Gasteiger partial charge in [-0.15, -0.1) is 0 Å². The van der Waals surface area contributed by atoms with Gasteiger partial charge in [0.2, 0.25) is 0 Å².